The summed E-state index contributed by atoms with van der Waals surface area (Å²) >= 11 is 0. The van der Waals surface area contributed by atoms with Gasteiger partial charge in [-0.2, -0.15) is 0 Å². The van der Waals surface area contributed by atoms with Crippen molar-refractivity contribution in [1.29, 1.82) is 0 Å². The summed E-state index contributed by atoms with van der Waals surface area (Å²) < 4.78 is 25.1. The highest BCUT2D eigenvalue weighted by molar-refractivity contribution is 7.90. The minimum absolute atomic E-state index is 0.0603. The Morgan fingerprint density at radius 3 is 2.25 bits per heavy atom. The molecule has 0 aliphatic carbocycles. The first-order chi connectivity index (χ1) is 5.40. The molecular weight excluding hydrogens is 174 g/mol. The summed E-state index contributed by atoms with van der Waals surface area (Å²) in [6.07, 6.45) is 2.36. The van der Waals surface area contributed by atoms with E-state index in [2.05, 4.69) is 11.3 Å². The van der Waals surface area contributed by atoms with E-state index in [-0.39, 0.29) is 11.3 Å². The molecule has 0 fully saturated rings. The summed E-state index contributed by atoms with van der Waals surface area (Å²) in [5.74, 6) is 0. The Labute approximate surface area is 74.9 Å². The molecule has 12 heavy (non-hydrogen) atoms. The topological polar surface area (TPSA) is 46.2 Å². The molecule has 72 valence electrons. The Hall–Kier alpha value is -0.350. The zero-order chi connectivity index (χ0) is 9.78. The summed E-state index contributed by atoms with van der Waals surface area (Å²) in [5, 5.41) is -0.371. The van der Waals surface area contributed by atoms with Gasteiger partial charge >= 0.3 is 0 Å². The molecule has 1 N–H and O–H groups in total. The van der Waals surface area contributed by atoms with Gasteiger partial charge in [0, 0.05) is 6.04 Å². The highest BCUT2D eigenvalue weighted by Crippen LogP contribution is 2.00. The van der Waals surface area contributed by atoms with E-state index in [0.29, 0.717) is 6.42 Å². The highest BCUT2D eigenvalue weighted by atomic mass is 32.2. The van der Waals surface area contributed by atoms with Gasteiger partial charge in [0.25, 0.3) is 0 Å². The number of hydrogen-bond donors (Lipinski definition) is 1. The lowest BCUT2D eigenvalue weighted by molar-refractivity contribution is 0.553. The average Bonchev–Trinajstić information content (AvgIpc) is 1.85. The highest BCUT2D eigenvalue weighted by Gasteiger charge is 2.17. The van der Waals surface area contributed by atoms with Crippen molar-refractivity contribution in [2.75, 3.05) is 0 Å². The molecule has 0 radical (unpaired) electrons. The van der Waals surface area contributed by atoms with Crippen LogP contribution in [0.2, 0.25) is 0 Å². The van der Waals surface area contributed by atoms with Gasteiger partial charge in [0.05, 0.1) is 5.25 Å². The molecule has 0 aliphatic rings. The van der Waals surface area contributed by atoms with Crippen molar-refractivity contribution in [3.8, 4) is 0 Å². The van der Waals surface area contributed by atoms with Crippen LogP contribution < -0.4 is 4.72 Å². The van der Waals surface area contributed by atoms with Crippen molar-refractivity contribution in [2.45, 2.75) is 38.5 Å². The normalized spacial score (nSPS) is 14.7. The van der Waals surface area contributed by atoms with Crippen LogP contribution in [-0.2, 0) is 10.0 Å². The third-order valence-electron chi connectivity index (χ3n) is 1.51. The van der Waals surface area contributed by atoms with Crippen LogP contribution >= 0.6 is 0 Å². The summed E-state index contributed by atoms with van der Waals surface area (Å²) in [7, 11) is -3.12. The zero-order valence-electron chi connectivity index (χ0n) is 7.87. The number of nitrogens with one attached hydrogen (secondary N) is 1. The molecule has 0 aromatic heterocycles. The largest absolute Gasteiger partial charge is 0.214 e. The average molecular weight is 191 g/mol. The van der Waals surface area contributed by atoms with Crippen LogP contribution in [0.1, 0.15) is 27.2 Å². The Bertz CT molecular complexity index is 231. The molecule has 0 bridgehead atoms. The molecule has 0 rings (SSSR count). The van der Waals surface area contributed by atoms with Gasteiger partial charge in [0.15, 0.2) is 0 Å². The third kappa shape index (κ3) is 3.88. The van der Waals surface area contributed by atoms with Gasteiger partial charge in [-0.15, -0.1) is 6.58 Å². The Morgan fingerprint density at radius 1 is 1.42 bits per heavy atom. The van der Waals surface area contributed by atoms with Gasteiger partial charge in [-0.05, 0) is 27.2 Å². The van der Waals surface area contributed by atoms with Crippen LogP contribution in [-0.4, -0.2) is 19.7 Å². The molecule has 0 heterocycles. The molecule has 0 aromatic carbocycles. The van der Waals surface area contributed by atoms with Crippen LogP contribution in [0.5, 0.6) is 0 Å². The maximum Gasteiger partial charge on any atom is 0.214 e. The van der Waals surface area contributed by atoms with Crippen molar-refractivity contribution in [3.63, 3.8) is 0 Å². The van der Waals surface area contributed by atoms with Crippen molar-refractivity contribution in [3.05, 3.63) is 12.7 Å². The molecule has 0 saturated carbocycles. The fraction of sp³-hybridized carbons (Fsp3) is 0.750. The molecular formula is C8H17NO2S. The Morgan fingerprint density at radius 2 is 1.92 bits per heavy atom. The summed E-state index contributed by atoms with van der Waals surface area (Å²) in [6.45, 7) is 8.67. The second-order valence-electron chi connectivity index (χ2n) is 3.14. The van der Waals surface area contributed by atoms with Gasteiger partial charge in [-0.25, -0.2) is 13.1 Å². The fourth-order valence-corrected chi connectivity index (χ4v) is 1.64. The lowest BCUT2D eigenvalue weighted by Gasteiger charge is -2.14. The van der Waals surface area contributed by atoms with Crippen molar-refractivity contribution in [1.82, 2.24) is 4.72 Å². The molecule has 0 aliphatic heterocycles. The first-order valence-corrected chi connectivity index (χ1v) is 5.56. The lowest BCUT2D eigenvalue weighted by Crippen LogP contribution is -2.37. The zero-order valence-corrected chi connectivity index (χ0v) is 8.69. The number of sulfonamides is 1. The molecule has 1 atom stereocenters. The van der Waals surface area contributed by atoms with E-state index in [4.69, 9.17) is 0 Å². The van der Waals surface area contributed by atoms with Gasteiger partial charge in [-0.3, -0.25) is 0 Å². The first kappa shape index (κ1) is 11.6. The monoisotopic (exact) mass is 191 g/mol. The SMILES string of the molecule is C=CCC(C)NS(=O)(=O)C(C)C. The predicted octanol–water partition coefficient (Wildman–Crippen LogP) is 1.28. The third-order valence-corrected chi connectivity index (χ3v) is 3.48. The van der Waals surface area contributed by atoms with Crippen LogP contribution in [0.4, 0.5) is 0 Å². The smallest absolute Gasteiger partial charge is 0.212 e. The van der Waals surface area contributed by atoms with E-state index >= 15 is 0 Å². The fourth-order valence-electron chi connectivity index (χ4n) is 0.715. The van der Waals surface area contributed by atoms with Crippen LogP contribution in [0.3, 0.4) is 0 Å². The summed E-state index contributed by atoms with van der Waals surface area (Å²) in [5.41, 5.74) is 0. The lowest BCUT2D eigenvalue weighted by atomic mass is 10.3. The predicted molar refractivity (Wildman–Crippen MR) is 51.5 cm³/mol. The van der Waals surface area contributed by atoms with Gasteiger partial charge in [-0.1, -0.05) is 6.08 Å². The minimum Gasteiger partial charge on any atom is -0.212 e. The molecule has 3 nitrogen and oxygen atoms in total. The summed E-state index contributed by atoms with van der Waals surface area (Å²) in [6, 6.07) is -0.0603. The molecule has 0 amide bonds. The molecule has 1 unspecified atom stereocenters. The van der Waals surface area contributed by atoms with E-state index in [1.165, 1.54) is 0 Å². The van der Waals surface area contributed by atoms with Crippen LogP contribution in [0.25, 0.3) is 0 Å². The summed E-state index contributed by atoms with van der Waals surface area (Å²) in [4.78, 5) is 0. The second-order valence-corrected chi connectivity index (χ2v) is 5.41. The van der Waals surface area contributed by atoms with Crippen molar-refractivity contribution >= 4 is 10.0 Å². The van der Waals surface area contributed by atoms with Gasteiger partial charge < -0.3 is 0 Å². The van der Waals surface area contributed by atoms with Gasteiger partial charge in [0.1, 0.15) is 0 Å². The van der Waals surface area contributed by atoms with E-state index in [1.54, 1.807) is 19.9 Å². The van der Waals surface area contributed by atoms with E-state index in [0.717, 1.165) is 0 Å². The molecule has 0 aromatic rings. The van der Waals surface area contributed by atoms with Gasteiger partial charge in [0.2, 0.25) is 10.0 Å². The quantitative estimate of drug-likeness (QED) is 0.665. The molecule has 0 spiro atoms. The first-order valence-electron chi connectivity index (χ1n) is 4.02. The van der Waals surface area contributed by atoms with E-state index in [9.17, 15) is 8.42 Å². The molecule has 0 saturated heterocycles. The Kier molecular flexibility index (Phi) is 4.49. The number of hydrogen-bond acceptors (Lipinski definition) is 2. The van der Waals surface area contributed by atoms with Crippen molar-refractivity contribution < 1.29 is 8.42 Å². The van der Waals surface area contributed by atoms with E-state index < -0.39 is 10.0 Å². The maximum atomic E-state index is 11.3. The van der Waals surface area contributed by atoms with Crippen LogP contribution in [0, 0.1) is 0 Å². The maximum absolute atomic E-state index is 11.3. The molecule has 4 heteroatoms. The Balaban J connectivity index is 4.16. The van der Waals surface area contributed by atoms with E-state index in [1.807, 2.05) is 6.92 Å². The minimum atomic E-state index is -3.12. The van der Waals surface area contributed by atoms with Crippen LogP contribution in [0.15, 0.2) is 12.7 Å². The standard InChI is InChI=1S/C8H17NO2S/c1-5-6-8(4)9-12(10,11)7(2)3/h5,7-9H,1,6H2,2-4H3. The number of rotatable bonds is 5. The van der Waals surface area contributed by atoms with Crippen molar-refractivity contribution in [2.24, 2.45) is 0 Å². The second kappa shape index (κ2) is 4.62.